The van der Waals surface area contributed by atoms with Crippen LogP contribution in [0.2, 0.25) is 0 Å². The van der Waals surface area contributed by atoms with Crippen LogP contribution in [0.5, 0.6) is 0 Å². The molecule has 6 nitrogen and oxygen atoms in total. The van der Waals surface area contributed by atoms with Crippen LogP contribution in [0.4, 0.5) is 11.4 Å². The highest BCUT2D eigenvalue weighted by atomic mass is 32.2. The van der Waals surface area contributed by atoms with Crippen molar-refractivity contribution >= 4 is 38.2 Å². The van der Waals surface area contributed by atoms with Gasteiger partial charge in [-0.3, -0.25) is 14.1 Å². The Bertz CT molecular complexity index is 1150. The molecule has 2 heterocycles. The summed E-state index contributed by atoms with van der Waals surface area (Å²) in [5.74, 6) is -0.249. The highest BCUT2D eigenvalue weighted by Crippen LogP contribution is 2.35. The maximum absolute atomic E-state index is 12.7. The molecule has 3 aromatic rings. The molecule has 4 rings (SSSR count). The van der Waals surface area contributed by atoms with Gasteiger partial charge in [0.2, 0.25) is 10.0 Å². The third kappa shape index (κ3) is 3.14. The largest absolute Gasteiger partial charge is 0.320 e. The van der Waals surface area contributed by atoms with Gasteiger partial charge in [-0.25, -0.2) is 8.42 Å². The maximum Gasteiger partial charge on any atom is 0.255 e. The summed E-state index contributed by atoms with van der Waals surface area (Å²) in [4.78, 5) is 17.1. The van der Waals surface area contributed by atoms with E-state index in [2.05, 4.69) is 10.3 Å². The van der Waals surface area contributed by atoms with E-state index >= 15 is 0 Å². The molecule has 0 aliphatic carbocycles. The van der Waals surface area contributed by atoms with Crippen molar-refractivity contribution in [1.82, 2.24) is 4.98 Å². The number of aromatic nitrogens is 1. The number of rotatable bonds is 3. The van der Waals surface area contributed by atoms with Gasteiger partial charge in [-0.1, -0.05) is 18.2 Å². The van der Waals surface area contributed by atoms with Crippen LogP contribution in [0, 0.1) is 0 Å². The number of carbonyl (C=O) groups is 1. The highest BCUT2D eigenvalue weighted by molar-refractivity contribution is 7.92. The summed E-state index contributed by atoms with van der Waals surface area (Å²) in [6, 6.07) is 14.4. The lowest BCUT2D eigenvalue weighted by molar-refractivity contribution is 0.102. The molecule has 138 valence electrons. The third-order valence-corrected chi connectivity index (χ3v) is 6.00. The Morgan fingerprint density at radius 1 is 1.19 bits per heavy atom. The minimum atomic E-state index is -3.35. The number of fused-ring (bicyclic) bond motifs is 2. The minimum absolute atomic E-state index is 0.157. The molecule has 1 aliphatic heterocycles. The highest BCUT2D eigenvalue weighted by Gasteiger charge is 2.32. The lowest BCUT2D eigenvalue weighted by Crippen LogP contribution is -2.34. The predicted octanol–water partition coefficient (Wildman–Crippen LogP) is 3.20. The van der Waals surface area contributed by atoms with Gasteiger partial charge in [0.1, 0.15) is 0 Å². The van der Waals surface area contributed by atoms with Gasteiger partial charge in [0, 0.05) is 23.2 Å². The summed E-state index contributed by atoms with van der Waals surface area (Å²) < 4.78 is 25.5. The SMILES string of the molecule is CC1Cc2cc(C(=O)Nc3cccc4cccnc34)ccc2N1S(C)(=O)=O. The molecular formula is C20H19N3O3S. The molecule has 0 bridgehead atoms. The summed E-state index contributed by atoms with van der Waals surface area (Å²) in [6.45, 7) is 1.86. The standard InChI is InChI=1S/C20H19N3O3S/c1-13-11-16-12-15(8-9-18(16)23(13)27(2,25)26)20(24)22-17-7-3-5-14-6-4-10-21-19(14)17/h3-10,12-13H,11H2,1-2H3,(H,22,24). The van der Waals surface area contributed by atoms with E-state index in [4.69, 9.17) is 0 Å². The van der Waals surface area contributed by atoms with Gasteiger partial charge in [0.05, 0.1) is 23.1 Å². The number of anilines is 2. The van der Waals surface area contributed by atoms with Gasteiger partial charge in [-0.2, -0.15) is 0 Å². The summed E-state index contributed by atoms with van der Waals surface area (Å²) >= 11 is 0. The smallest absolute Gasteiger partial charge is 0.255 e. The molecule has 0 radical (unpaired) electrons. The van der Waals surface area contributed by atoms with Crippen LogP contribution < -0.4 is 9.62 Å². The van der Waals surface area contributed by atoms with Crippen molar-refractivity contribution in [2.45, 2.75) is 19.4 Å². The summed E-state index contributed by atoms with van der Waals surface area (Å²) in [6.07, 6.45) is 3.47. The zero-order valence-electron chi connectivity index (χ0n) is 15.0. The average molecular weight is 381 g/mol. The van der Waals surface area contributed by atoms with Gasteiger partial charge in [-0.05, 0) is 49.2 Å². The Labute approximate surface area is 157 Å². The van der Waals surface area contributed by atoms with Crippen LogP contribution in [0.15, 0.2) is 54.7 Å². The quantitative estimate of drug-likeness (QED) is 0.756. The number of amides is 1. The lowest BCUT2D eigenvalue weighted by atomic mass is 10.1. The number of para-hydroxylation sites is 1. The van der Waals surface area contributed by atoms with Gasteiger partial charge in [-0.15, -0.1) is 0 Å². The number of carbonyl (C=O) groups excluding carboxylic acids is 1. The lowest BCUT2D eigenvalue weighted by Gasteiger charge is -2.21. The molecule has 1 atom stereocenters. The van der Waals surface area contributed by atoms with E-state index in [1.165, 1.54) is 10.6 Å². The van der Waals surface area contributed by atoms with Crippen molar-refractivity contribution in [2.24, 2.45) is 0 Å². The molecule has 27 heavy (non-hydrogen) atoms. The number of pyridine rings is 1. The fourth-order valence-corrected chi connectivity index (χ4v) is 4.91. The number of hydrogen-bond acceptors (Lipinski definition) is 4. The van der Waals surface area contributed by atoms with Crippen LogP contribution in [0.3, 0.4) is 0 Å². The van der Waals surface area contributed by atoms with E-state index in [1.807, 2.05) is 37.3 Å². The molecule has 0 fully saturated rings. The zero-order valence-corrected chi connectivity index (χ0v) is 15.8. The average Bonchev–Trinajstić information content (AvgIpc) is 2.97. The van der Waals surface area contributed by atoms with Gasteiger partial charge in [0.25, 0.3) is 5.91 Å². The first-order valence-electron chi connectivity index (χ1n) is 8.62. The first-order chi connectivity index (χ1) is 12.8. The normalized spacial score (nSPS) is 16.4. The van der Waals surface area contributed by atoms with E-state index in [0.717, 1.165) is 16.5 Å². The molecule has 1 unspecified atom stereocenters. The summed E-state index contributed by atoms with van der Waals surface area (Å²) in [5.41, 5.74) is 3.37. The second-order valence-electron chi connectivity index (χ2n) is 6.79. The van der Waals surface area contributed by atoms with Crippen molar-refractivity contribution in [3.8, 4) is 0 Å². The maximum atomic E-state index is 12.7. The predicted molar refractivity (Wildman–Crippen MR) is 107 cm³/mol. The molecule has 0 saturated heterocycles. The van der Waals surface area contributed by atoms with Crippen molar-refractivity contribution in [1.29, 1.82) is 0 Å². The van der Waals surface area contributed by atoms with Gasteiger partial charge in [0.15, 0.2) is 0 Å². The Morgan fingerprint density at radius 2 is 1.96 bits per heavy atom. The van der Waals surface area contributed by atoms with Crippen LogP contribution in [0.25, 0.3) is 10.9 Å². The van der Waals surface area contributed by atoms with Crippen molar-refractivity contribution in [2.75, 3.05) is 15.9 Å². The number of sulfonamides is 1. The molecular weight excluding hydrogens is 362 g/mol. The number of benzene rings is 2. The van der Waals surface area contributed by atoms with Crippen molar-refractivity contribution in [3.63, 3.8) is 0 Å². The molecule has 0 saturated carbocycles. The minimum Gasteiger partial charge on any atom is -0.320 e. The number of hydrogen-bond donors (Lipinski definition) is 1. The van der Waals surface area contributed by atoms with Gasteiger partial charge < -0.3 is 5.32 Å². The molecule has 2 aromatic carbocycles. The van der Waals surface area contributed by atoms with E-state index in [9.17, 15) is 13.2 Å². The van der Waals surface area contributed by atoms with E-state index in [1.54, 1.807) is 24.4 Å². The summed E-state index contributed by atoms with van der Waals surface area (Å²) in [7, 11) is -3.35. The first-order valence-corrected chi connectivity index (χ1v) is 10.5. The topological polar surface area (TPSA) is 79.4 Å². The second-order valence-corrected chi connectivity index (χ2v) is 8.65. The van der Waals surface area contributed by atoms with Crippen LogP contribution in [-0.4, -0.2) is 31.6 Å². The van der Waals surface area contributed by atoms with Crippen LogP contribution in [-0.2, 0) is 16.4 Å². The van der Waals surface area contributed by atoms with Gasteiger partial charge >= 0.3 is 0 Å². The van der Waals surface area contributed by atoms with Crippen LogP contribution >= 0.6 is 0 Å². The second kappa shape index (κ2) is 6.35. The fraction of sp³-hybridized carbons (Fsp3) is 0.200. The Kier molecular flexibility index (Phi) is 4.11. The molecule has 1 aromatic heterocycles. The molecule has 1 aliphatic rings. The Balaban J connectivity index is 1.65. The van der Waals surface area contributed by atoms with E-state index in [-0.39, 0.29) is 11.9 Å². The summed E-state index contributed by atoms with van der Waals surface area (Å²) in [5, 5.41) is 3.86. The zero-order chi connectivity index (χ0) is 19.2. The van der Waals surface area contributed by atoms with Crippen molar-refractivity contribution < 1.29 is 13.2 Å². The molecule has 7 heteroatoms. The third-order valence-electron chi connectivity index (χ3n) is 4.73. The first kappa shape index (κ1) is 17.5. The van der Waals surface area contributed by atoms with Crippen LogP contribution in [0.1, 0.15) is 22.8 Å². The molecule has 0 spiro atoms. The van der Waals surface area contributed by atoms with E-state index < -0.39 is 10.0 Å². The monoisotopic (exact) mass is 381 g/mol. The number of nitrogens with one attached hydrogen (secondary N) is 1. The molecule has 1 amide bonds. The number of nitrogens with zero attached hydrogens (tertiary/aromatic N) is 2. The van der Waals surface area contributed by atoms with Crippen molar-refractivity contribution in [3.05, 3.63) is 65.9 Å². The fourth-order valence-electron chi connectivity index (χ4n) is 3.65. The Hall–Kier alpha value is -2.93. The Morgan fingerprint density at radius 3 is 2.74 bits per heavy atom. The van der Waals surface area contributed by atoms with E-state index in [0.29, 0.717) is 23.4 Å². The molecule has 1 N–H and O–H groups in total.